The number of ether oxygens (including phenoxy) is 1. The van der Waals surface area contributed by atoms with Crippen molar-refractivity contribution in [1.29, 1.82) is 0 Å². The maximum Gasteiger partial charge on any atom is 0.0986 e. The van der Waals surface area contributed by atoms with E-state index in [0.29, 0.717) is 5.76 Å². The SMILES string of the molecule is C/C(=C/C(C)O)O/C=C/c1ccccc1C1C=C(c2cccc(C)c2)C=N1. The molecule has 0 bridgehead atoms. The summed E-state index contributed by atoms with van der Waals surface area (Å²) in [5.74, 6) is 0.666. The number of hydrogen-bond donors (Lipinski definition) is 1. The number of nitrogens with zero attached hydrogens (tertiary/aromatic N) is 1. The third kappa shape index (κ3) is 5.05. The van der Waals surface area contributed by atoms with Crippen LogP contribution in [-0.2, 0) is 4.74 Å². The lowest BCUT2D eigenvalue weighted by atomic mass is 9.98. The lowest BCUT2D eigenvalue weighted by Gasteiger charge is -2.09. The number of hydrogen-bond acceptors (Lipinski definition) is 3. The van der Waals surface area contributed by atoms with Gasteiger partial charge in [-0.05, 0) is 61.3 Å². The molecule has 0 radical (unpaired) electrons. The van der Waals surface area contributed by atoms with Crippen LogP contribution in [-0.4, -0.2) is 17.4 Å². The Hall–Kier alpha value is -2.91. The number of allylic oxidation sites excluding steroid dienone is 2. The molecule has 138 valence electrons. The summed E-state index contributed by atoms with van der Waals surface area (Å²) >= 11 is 0. The lowest BCUT2D eigenvalue weighted by molar-refractivity contribution is 0.235. The first-order chi connectivity index (χ1) is 13.0. The minimum atomic E-state index is -0.524. The Morgan fingerprint density at radius 2 is 2.00 bits per heavy atom. The molecule has 3 nitrogen and oxygen atoms in total. The molecule has 0 spiro atoms. The number of aliphatic hydroxyl groups is 1. The van der Waals surface area contributed by atoms with Crippen molar-refractivity contribution in [3.05, 3.63) is 95.0 Å². The van der Waals surface area contributed by atoms with Crippen molar-refractivity contribution >= 4 is 17.9 Å². The van der Waals surface area contributed by atoms with Gasteiger partial charge in [0.05, 0.1) is 24.2 Å². The molecule has 1 heterocycles. The van der Waals surface area contributed by atoms with Gasteiger partial charge in [-0.25, -0.2) is 0 Å². The molecule has 0 amide bonds. The second-order valence-electron chi connectivity index (χ2n) is 6.78. The predicted molar refractivity (Wildman–Crippen MR) is 112 cm³/mol. The molecule has 0 fully saturated rings. The molecule has 0 saturated carbocycles. The van der Waals surface area contributed by atoms with Crippen molar-refractivity contribution in [2.75, 3.05) is 0 Å². The Morgan fingerprint density at radius 3 is 2.78 bits per heavy atom. The molecule has 27 heavy (non-hydrogen) atoms. The van der Waals surface area contributed by atoms with Gasteiger partial charge in [0.2, 0.25) is 0 Å². The first kappa shape index (κ1) is 18.9. The van der Waals surface area contributed by atoms with E-state index in [-0.39, 0.29) is 6.04 Å². The van der Waals surface area contributed by atoms with E-state index in [9.17, 15) is 5.11 Å². The topological polar surface area (TPSA) is 41.8 Å². The monoisotopic (exact) mass is 359 g/mol. The standard InChI is InChI=1S/C24H25NO2/c1-17-7-6-9-21(13-17)22-15-24(25-16-22)23-10-5-4-8-20(23)11-12-27-19(3)14-18(2)26/h4-16,18,24,26H,1-3H3/b12-11+,19-14-. The molecule has 2 aromatic rings. The van der Waals surface area contributed by atoms with Crippen LogP contribution in [0.4, 0.5) is 0 Å². The lowest BCUT2D eigenvalue weighted by Crippen LogP contribution is -1.95. The van der Waals surface area contributed by atoms with Gasteiger partial charge in [0, 0.05) is 6.21 Å². The number of aliphatic imine (C=N–C) groups is 1. The number of aryl methyl sites for hydroxylation is 1. The summed E-state index contributed by atoms with van der Waals surface area (Å²) in [7, 11) is 0. The average molecular weight is 359 g/mol. The van der Waals surface area contributed by atoms with Crippen LogP contribution in [0.1, 0.15) is 42.1 Å². The van der Waals surface area contributed by atoms with Crippen molar-refractivity contribution in [1.82, 2.24) is 0 Å². The first-order valence-corrected chi connectivity index (χ1v) is 9.13. The van der Waals surface area contributed by atoms with Crippen molar-refractivity contribution in [2.45, 2.75) is 32.9 Å². The summed E-state index contributed by atoms with van der Waals surface area (Å²) in [4.78, 5) is 4.70. The third-order valence-electron chi connectivity index (χ3n) is 4.36. The summed E-state index contributed by atoms with van der Waals surface area (Å²) in [5.41, 5.74) is 5.77. The maximum atomic E-state index is 9.36. The largest absolute Gasteiger partial charge is 0.470 e. The highest BCUT2D eigenvalue weighted by molar-refractivity contribution is 6.12. The normalized spacial score (nSPS) is 18.0. The van der Waals surface area contributed by atoms with E-state index in [1.54, 1.807) is 19.3 Å². The molecule has 0 saturated heterocycles. The molecule has 3 heteroatoms. The molecule has 1 aliphatic heterocycles. The Bertz CT molecular complexity index is 919. The van der Waals surface area contributed by atoms with E-state index in [4.69, 9.17) is 9.73 Å². The highest BCUT2D eigenvalue weighted by Gasteiger charge is 2.16. The van der Waals surface area contributed by atoms with Gasteiger partial charge in [0.25, 0.3) is 0 Å². The van der Waals surface area contributed by atoms with Gasteiger partial charge in [-0.1, -0.05) is 54.1 Å². The molecular formula is C24H25NO2. The van der Waals surface area contributed by atoms with Crippen molar-refractivity contribution in [2.24, 2.45) is 4.99 Å². The van der Waals surface area contributed by atoms with E-state index in [1.807, 2.05) is 31.3 Å². The zero-order valence-corrected chi connectivity index (χ0v) is 16.0. The smallest absolute Gasteiger partial charge is 0.0986 e. The Labute approximate surface area is 161 Å². The van der Waals surface area contributed by atoms with Crippen LogP contribution < -0.4 is 0 Å². The number of benzene rings is 2. The fourth-order valence-electron chi connectivity index (χ4n) is 3.11. The Morgan fingerprint density at radius 1 is 1.19 bits per heavy atom. The fraction of sp³-hybridized carbons (Fsp3) is 0.208. The molecule has 1 N–H and O–H groups in total. The summed E-state index contributed by atoms with van der Waals surface area (Å²) in [5, 5.41) is 9.36. The van der Waals surface area contributed by atoms with Crippen LogP contribution in [0.2, 0.25) is 0 Å². The molecule has 2 atom stereocenters. The molecule has 2 aromatic carbocycles. The molecule has 0 aliphatic carbocycles. The van der Waals surface area contributed by atoms with Crippen molar-refractivity contribution in [3.63, 3.8) is 0 Å². The summed E-state index contributed by atoms with van der Waals surface area (Å²) < 4.78 is 5.54. The highest BCUT2D eigenvalue weighted by Crippen LogP contribution is 2.31. The second-order valence-corrected chi connectivity index (χ2v) is 6.78. The summed E-state index contributed by atoms with van der Waals surface area (Å²) in [6, 6.07) is 16.6. The summed E-state index contributed by atoms with van der Waals surface area (Å²) in [6.07, 6.45) is 8.87. The number of rotatable bonds is 6. The van der Waals surface area contributed by atoms with Crippen LogP contribution in [0.25, 0.3) is 11.6 Å². The van der Waals surface area contributed by atoms with Gasteiger partial charge >= 0.3 is 0 Å². The van der Waals surface area contributed by atoms with E-state index in [1.165, 1.54) is 11.1 Å². The van der Waals surface area contributed by atoms with Crippen LogP contribution >= 0.6 is 0 Å². The van der Waals surface area contributed by atoms with Gasteiger partial charge in [-0.3, -0.25) is 4.99 Å². The van der Waals surface area contributed by atoms with E-state index in [0.717, 1.165) is 16.7 Å². The van der Waals surface area contributed by atoms with E-state index < -0.39 is 6.10 Å². The van der Waals surface area contributed by atoms with Gasteiger partial charge in [-0.15, -0.1) is 0 Å². The van der Waals surface area contributed by atoms with E-state index in [2.05, 4.69) is 49.4 Å². The molecule has 1 aliphatic rings. The minimum absolute atomic E-state index is 0.00420. The zero-order chi connectivity index (χ0) is 19.2. The van der Waals surface area contributed by atoms with Crippen molar-refractivity contribution < 1.29 is 9.84 Å². The van der Waals surface area contributed by atoms with Crippen LogP contribution in [0.5, 0.6) is 0 Å². The third-order valence-corrected chi connectivity index (χ3v) is 4.36. The Balaban J connectivity index is 1.80. The Kier molecular flexibility index (Phi) is 6.05. The van der Waals surface area contributed by atoms with Gasteiger partial charge < -0.3 is 9.84 Å². The van der Waals surface area contributed by atoms with Crippen molar-refractivity contribution in [3.8, 4) is 0 Å². The quantitative estimate of drug-likeness (QED) is 0.694. The van der Waals surface area contributed by atoms with Crippen LogP contribution in [0, 0.1) is 6.92 Å². The molecule has 0 aromatic heterocycles. The van der Waals surface area contributed by atoms with Crippen LogP contribution in [0.15, 0.2) is 77.7 Å². The highest BCUT2D eigenvalue weighted by atomic mass is 16.5. The van der Waals surface area contributed by atoms with Gasteiger partial charge in [0.1, 0.15) is 0 Å². The fourth-order valence-corrected chi connectivity index (χ4v) is 3.11. The molecule has 3 rings (SSSR count). The first-order valence-electron chi connectivity index (χ1n) is 9.13. The maximum absolute atomic E-state index is 9.36. The zero-order valence-electron chi connectivity index (χ0n) is 16.0. The second kappa shape index (κ2) is 8.65. The molecule has 2 unspecified atom stereocenters. The van der Waals surface area contributed by atoms with Gasteiger partial charge in [0.15, 0.2) is 0 Å². The minimum Gasteiger partial charge on any atom is -0.470 e. The van der Waals surface area contributed by atoms with Crippen LogP contribution in [0.3, 0.4) is 0 Å². The van der Waals surface area contributed by atoms with Gasteiger partial charge in [-0.2, -0.15) is 0 Å². The molecular weight excluding hydrogens is 334 g/mol. The summed E-state index contributed by atoms with van der Waals surface area (Å²) in [6.45, 7) is 5.62. The number of aliphatic hydroxyl groups excluding tert-OH is 1. The predicted octanol–water partition coefficient (Wildman–Crippen LogP) is 5.48. The van der Waals surface area contributed by atoms with E-state index >= 15 is 0 Å². The average Bonchev–Trinajstić information content (AvgIpc) is 3.11.